The molecular formula is C26H26ClFN2O3S. The lowest BCUT2D eigenvalue weighted by Crippen LogP contribution is -2.32. The number of amides is 2. The summed E-state index contributed by atoms with van der Waals surface area (Å²) >= 11 is 7.97. The first-order valence-electron chi connectivity index (χ1n) is 11.7. The Labute approximate surface area is 206 Å². The van der Waals surface area contributed by atoms with Crippen LogP contribution in [-0.2, 0) is 9.59 Å². The SMILES string of the molecule is CC[C@@H](c1cc2nccc(-c3cc(Cl)cc(C)c3O[C@@H]3CCC[C@@H]3F)c2s1)N1C(=O)CCC1=O. The topological polar surface area (TPSA) is 59.5 Å². The number of pyridine rings is 1. The largest absolute Gasteiger partial charge is 0.486 e. The molecule has 178 valence electrons. The molecule has 5 nitrogen and oxygen atoms in total. The van der Waals surface area contributed by atoms with Crippen LogP contribution in [0.5, 0.6) is 5.75 Å². The molecule has 1 aromatic carbocycles. The van der Waals surface area contributed by atoms with Crippen LogP contribution in [0.3, 0.4) is 0 Å². The van der Waals surface area contributed by atoms with Gasteiger partial charge in [-0.15, -0.1) is 11.3 Å². The molecule has 0 unspecified atom stereocenters. The summed E-state index contributed by atoms with van der Waals surface area (Å²) in [7, 11) is 0. The van der Waals surface area contributed by atoms with Crippen LogP contribution in [0.4, 0.5) is 4.39 Å². The molecule has 2 fully saturated rings. The van der Waals surface area contributed by atoms with Crippen molar-refractivity contribution in [2.24, 2.45) is 0 Å². The van der Waals surface area contributed by atoms with Crippen molar-refractivity contribution in [2.75, 3.05) is 0 Å². The van der Waals surface area contributed by atoms with Crippen LogP contribution in [0, 0.1) is 6.92 Å². The molecule has 34 heavy (non-hydrogen) atoms. The first kappa shape index (κ1) is 23.2. The second-order valence-corrected chi connectivity index (χ2v) is 10.5. The predicted octanol–water partition coefficient (Wildman–Crippen LogP) is 6.79. The van der Waals surface area contributed by atoms with Crippen LogP contribution in [0.15, 0.2) is 30.5 Å². The predicted molar refractivity (Wildman–Crippen MR) is 132 cm³/mol. The Bertz CT molecular complexity index is 1260. The van der Waals surface area contributed by atoms with E-state index in [0.29, 0.717) is 30.0 Å². The lowest BCUT2D eigenvalue weighted by Gasteiger charge is -2.24. The third-order valence-corrected chi connectivity index (χ3v) is 8.20. The minimum absolute atomic E-state index is 0.124. The zero-order valence-electron chi connectivity index (χ0n) is 19.1. The van der Waals surface area contributed by atoms with Gasteiger partial charge in [0, 0.05) is 40.1 Å². The quantitative estimate of drug-likeness (QED) is 0.349. The smallest absolute Gasteiger partial charge is 0.230 e. The highest BCUT2D eigenvalue weighted by Gasteiger charge is 2.36. The summed E-state index contributed by atoms with van der Waals surface area (Å²) in [6, 6.07) is 7.25. The summed E-state index contributed by atoms with van der Waals surface area (Å²) < 4.78 is 21.6. The van der Waals surface area contributed by atoms with Gasteiger partial charge < -0.3 is 4.74 Å². The number of hydrogen-bond donors (Lipinski definition) is 0. The van der Waals surface area contributed by atoms with Crippen molar-refractivity contribution in [1.29, 1.82) is 0 Å². The van der Waals surface area contributed by atoms with E-state index in [2.05, 4.69) is 4.98 Å². The second-order valence-electron chi connectivity index (χ2n) is 9.01. The number of carbonyl (C=O) groups is 2. The molecule has 1 aliphatic heterocycles. The molecule has 3 heterocycles. The van der Waals surface area contributed by atoms with Gasteiger partial charge >= 0.3 is 0 Å². The molecule has 0 radical (unpaired) electrons. The van der Waals surface area contributed by atoms with Crippen molar-refractivity contribution in [3.8, 4) is 16.9 Å². The lowest BCUT2D eigenvalue weighted by molar-refractivity contribution is -0.141. The van der Waals surface area contributed by atoms with Crippen LogP contribution in [0.25, 0.3) is 21.3 Å². The average Bonchev–Trinajstić information content (AvgIpc) is 3.50. The van der Waals surface area contributed by atoms with E-state index in [9.17, 15) is 14.0 Å². The van der Waals surface area contributed by atoms with E-state index in [1.165, 1.54) is 16.2 Å². The summed E-state index contributed by atoms with van der Waals surface area (Å²) in [5, 5.41) is 0.574. The number of fused-ring (bicyclic) bond motifs is 1. The van der Waals surface area contributed by atoms with E-state index in [1.807, 2.05) is 38.1 Å². The number of rotatable bonds is 6. The maximum atomic E-state index is 14.4. The fourth-order valence-electron chi connectivity index (χ4n) is 5.04. The molecule has 8 heteroatoms. The normalized spacial score (nSPS) is 21.6. The molecule has 1 aliphatic carbocycles. The highest BCUT2D eigenvalue weighted by atomic mass is 35.5. The summed E-state index contributed by atoms with van der Waals surface area (Å²) in [5.74, 6) is 0.389. The number of halogens is 2. The summed E-state index contributed by atoms with van der Waals surface area (Å²) in [6.07, 6.45) is 3.47. The molecular weight excluding hydrogens is 475 g/mol. The second kappa shape index (κ2) is 9.27. The standard InChI is InChI=1S/C26H26ClFN2O3S/c1-3-20(30-23(31)7-8-24(30)32)22-13-19-26(34-22)16(9-10-29-19)17-12-15(27)11-14(2)25(17)33-21-6-4-5-18(21)28/h9-13,18,20-21H,3-8H2,1-2H3/t18-,20-,21+/m0/s1. The number of aryl methyl sites for hydroxylation is 1. The van der Waals surface area contributed by atoms with Crippen molar-refractivity contribution in [2.45, 2.75) is 70.7 Å². The fraction of sp³-hybridized carbons (Fsp3) is 0.423. The number of nitrogens with zero attached hydrogens (tertiary/aromatic N) is 2. The zero-order valence-corrected chi connectivity index (χ0v) is 20.7. The van der Waals surface area contributed by atoms with Gasteiger partial charge in [0.2, 0.25) is 11.8 Å². The van der Waals surface area contributed by atoms with Gasteiger partial charge in [-0.25, -0.2) is 4.39 Å². The molecule has 1 saturated heterocycles. The van der Waals surface area contributed by atoms with E-state index in [-0.39, 0.29) is 30.7 Å². The molecule has 5 rings (SSSR count). The van der Waals surface area contributed by atoms with Gasteiger partial charge in [-0.3, -0.25) is 19.5 Å². The molecule has 3 atom stereocenters. The van der Waals surface area contributed by atoms with Gasteiger partial charge in [-0.2, -0.15) is 0 Å². The molecule has 2 aromatic heterocycles. The van der Waals surface area contributed by atoms with Crippen molar-refractivity contribution >= 4 is 45.0 Å². The third-order valence-electron chi connectivity index (χ3n) is 6.72. The summed E-state index contributed by atoms with van der Waals surface area (Å²) in [5.41, 5.74) is 3.32. The number of imide groups is 1. The van der Waals surface area contributed by atoms with Gasteiger partial charge in [0.15, 0.2) is 0 Å². The van der Waals surface area contributed by atoms with Gasteiger partial charge in [-0.1, -0.05) is 18.5 Å². The number of thiophene rings is 1. The Hall–Kier alpha value is -2.51. The highest BCUT2D eigenvalue weighted by Crippen LogP contribution is 2.44. The molecule has 2 aliphatic rings. The van der Waals surface area contributed by atoms with Gasteiger partial charge in [-0.05, 0) is 62.4 Å². The highest BCUT2D eigenvalue weighted by molar-refractivity contribution is 7.19. The maximum Gasteiger partial charge on any atom is 0.230 e. The van der Waals surface area contributed by atoms with E-state index >= 15 is 0 Å². The molecule has 0 spiro atoms. The Morgan fingerprint density at radius 3 is 2.65 bits per heavy atom. The Balaban J connectivity index is 1.61. The van der Waals surface area contributed by atoms with Crippen molar-refractivity contribution in [3.05, 3.63) is 45.9 Å². The van der Waals surface area contributed by atoms with E-state index in [4.69, 9.17) is 16.3 Å². The van der Waals surface area contributed by atoms with E-state index in [1.54, 1.807) is 6.20 Å². The summed E-state index contributed by atoms with van der Waals surface area (Å²) in [4.78, 5) is 31.7. The molecule has 0 N–H and O–H groups in total. The van der Waals surface area contributed by atoms with Gasteiger partial charge in [0.1, 0.15) is 18.0 Å². The Morgan fingerprint density at radius 2 is 1.97 bits per heavy atom. The van der Waals surface area contributed by atoms with Crippen molar-refractivity contribution in [1.82, 2.24) is 9.88 Å². The maximum absolute atomic E-state index is 14.4. The van der Waals surface area contributed by atoms with Gasteiger partial charge in [0.05, 0.1) is 16.3 Å². The summed E-state index contributed by atoms with van der Waals surface area (Å²) in [6.45, 7) is 3.90. The van der Waals surface area contributed by atoms with Crippen LogP contribution >= 0.6 is 22.9 Å². The number of ether oxygens (including phenoxy) is 1. The molecule has 3 aromatic rings. The minimum Gasteiger partial charge on any atom is -0.486 e. The Kier molecular flexibility index (Phi) is 6.34. The number of likely N-dealkylation sites (tertiary alicyclic amines) is 1. The van der Waals surface area contributed by atoms with Crippen molar-refractivity contribution in [3.63, 3.8) is 0 Å². The number of hydrogen-bond acceptors (Lipinski definition) is 5. The lowest BCUT2D eigenvalue weighted by atomic mass is 10.0. The zero-order chi connectivity index (χ0) is 24.0. The molecule has 0 bridgehead atoms. The number of alkyl halides is 1. The van der Waals surface area contributed by atoms with Crippen LogP contribution in [0.2, 0.25) is 5.02 Å². The third kappa shape index (κ3) is 4.09. The first-order valence-corrected chi connectivity index (χ1v) is 12.9. The van der Waals surface area contributed by atoms with Crippen LogP contribution in [-0.4, -0.2) is 34.0 Å². The van der Waals surface area contributed by atoms with Crippen LogP contribution in [0.1, 0.15) is 61.9 Å². The Morgan fingerprint density at radius 1 is 1.21 bits per heavy atom. The minimum atomic E-state index is -0.977. The monoisotopic (exact) mass is 500 g/mol. The number of carbonyl (C=O) groups excluding carboxylic acids is 2. The van der Waals surface area contributed by atoms with Crippen molar-refractivity contribution < 1.29 is 18.7 Å². The number of benzene rings is 1. The molecule has 1 saturated carbocycles. The first-order chi connectivity index (χ1) is 16.4. The number of aromatic nitrogens is 1. The van der Waals surface area contributed by atoms with Crippen LogP contribution < -0.4 is 4.74 Å². The molecule has 2 amide bonds. The fourth-order valence-corrected chi connectivity index (χ4v) is 6.63. The van der Waals surface area contributed by atoms with Gasteiger partial charge in [0.25, 0.3) is 0 Å². The average molecular weight is 501 g/mol. The van der Waals surface area contributed by atoms with E-state index in [0.717, 1.165) is 38.2 Å². The van der Waals surface area contributed by atoms with E-state index < -0.39 is 12.3 Å².